The maximum Gasteiger partial charge on any atom is 0.244 e. The standard InChI is InChI=1S/C12H14N4O2/c1-16(12(18)9(14)6-11(15)17)10-5-3-2-4-8(10)7-13/h2-5,9H,6,14H2,1H3,(H2,15,17). The molecular formula is C12H14N4O2. The summed E-state index contributed by atoms with van der Waals surface area (Å²) in [4.78, 5) is 23.9. The van der Waals surface area contributed by atoms with E-state index >= 15 is 0 Å². The van der Waals surface area contributed by atoms with E-state index in [1.54, 1.807) is 24.3 Å². The molecule has 1 unspecified atom stereocenters. The molecule has 0 saturated carbocycles. The Morgan fingerprint density at radius 3 is 2.61 bits per heavy atom. The van der Waals surface area contributed by atoms with Crippen LogP contribution in [0.1, 0.15) is 12.0 Å². The Balaban J connectivity index is 2.93. The van der Waals surface area contributed by atoms with E-state index in [1.165, 1.54) is 11.9 Å². The van der Waals surface area contributed by atoms with E-state index in [0.29, 0.717) is 11.3 Å². The van der Waals surface area contributed by atoms with Crippen molar-refractivity contribution in [3.8, 4) is 6.07 Å². The normalized spacial score (nSPS) is 11.4. The van der Waals surface area contributed by atoms with Gasteiger partial charge in [-0.15, -0.1) is 0 Å². The van der Waals surface area contributed by atoms with Gasteiger partial charge in [-0.1, -0.05) is 12.1 Å². The average Bonchev–Trinajstić information content (AvgIpc) is 2.36. The van der Waals surface area contributed by atoms with Crippen molar-refractivity contribution in [2.24, 2.45) is 11.5 Å². The van der Waals surface area contributed by atoms with Gasteiger partial charge in [-0.05, 0) is 12.1 Å². The van der Waals surface area contributed by atoms with Crippen LogP contribution in [0.5, 0.6) is 0 Å². The zero-order chi connectivity index (χ0) is 13.7. The smallest absolute Gasteiger partial charge is 0.244 e. The molecule has 0 bridgehead atoms. The van der Waals surface area contributed by atoms with Crippen molar-refractivity contribution in [2.75, 3.05) is 11.9 Å². The lowest BCUT2D eigenvalue weighted by atomic mass is 10.1. The van der Waals surface area contributed by atoms with Gasteiger partial charge in [0.25, 0.3) is 0 Å². The fourth-order valence-corrected chi connectivity index (χ4v) is 1.53. The molecule has 94 valence electrons. The van der Waals surface area contributed by atoms with E-state index in [9.17, 15) is 9.59 Å². The third kappa shape index (κ3) is 3.06. The topological polar surface area (TPSA) is 113 Å². The van der Waals surface area contributed by atoms with E-state index in [1.807, 2.05) is 6.07 Å². The first kappa shape index (κ1) is 13.7. The number of nitrogens with zero attached hydrogens (tertiary/aromatic N) is 2. The molecule has 2 amide bonds. The van der Waals surface area contributed by atoms with E-state index < -0.39 is 17.9 Å². The second-order valence-corrected chi connectivity index (χ2v) is 3.80. The highest BCUT2D eigenvalue weighted by Crippen LogP contribution is 2.18. The number of primary amides is 1. The van der Waals surface area contributed by atoms with Gasteiger partial charge in [-0.2, -0.15) is 5.26 Å². The number of carbonyl (C=O) groups excluding carboxylic acids is 2. The molecule has 6 heteroatoms. The number of anilines is 1. The molecule has 0 aliphatic carbocycles. The van der Waals surface area contributed by atoms with E-state index in [0.717, 1.165) is 0 Å². The molecule has 0 heterocycles. The van der Waals surface area contributed by atoms with Crippen molar-refractivity contribution < 1.29 is 9.59 Å². The van der Waals surface area contributed by atoms with Crippen LogP contribution in [0.15, 0.2) is 24.3 Å². The average molecular weight is 246 g/mol. The van der Waals surface area contributed by atoms with E-state index in [2.05, 4.69) is 0 Å². The maximum atomic E-state index is 11.9. The Bertz CT molecular complexity index is 507. The lowest BCUT2D eigenvalue weighted by molar-refractivity contribution is -0.124. The third-order valence-electron chi connectivity index (χ3n) is 2.45. The molecule has 0 radical (unpaired) electrons. The summed E-state index contributed by atoms with van der Waals surface area (Å²) in [5.41, 5.74) is 11.4. The Morgan fingerprint density at radius 1 is 1.44 bits per heavy atom. The van der Waals surface area contributed by atoms with Gasteiger partial charge in [0.05, 0.1) is 23.7 Å². The van der Waals surface area contributed by atoms with Crippen LogP contribution in [-0.4, -0.2) is 24.9 Å². The number of likely N-dealkylation sites (N-methyl/N-ethyl adjacent to an activating group) is 1. The van der Waals surface area contributed by atoms with Crippen LogP contribution < -0.4 is 16.4 Å². The molecule has 1 aromatic rings. The van der Waals surface area contributed by atoms with Crippen molar-refractivity contribution in [1.82, 2.24) is 0 Å². The van der Waals surface area contributed by atoms with Gasteiger partial charge in [0.15, 0.2) is 0 Å². The molecule has 0 saturated heterocycles. The van der Waals surface area contributed by atoms with Gasteiger partial charge in [0.2, 0.25) is 11.8 Å². The second-order valence-electron chi connectivity index (χ2n) is 3.80. The number of para-hydroxylation sites is 1. The molecule has 1 aromatic carbocycles. The summed E-state index contributed by atoms with van der Waals surface area (Å²) in [6.07, 6.45) is -0.224. The van der Waals surface area contributed by atoms with Crippen LogP contribution in [0.2, 0.25) is 0 Å². The summed E-state index contributed by atoms with van der Waals surface area (Å²) in [6, 6.07) is 7.62. The van der Waals surface area contributed by atoms with Crippen molar-refractivity contribution in [2.45, 2.75) is 12.5 Å². The molecule has 1 atom stereocenters. The minimum atomic E-state index is -1.00. The number of rotatable bonds is 4. The summed E-state index contributed by atoms with van der Waals surface area (Å²) in [5.74, 6) is -1.10. The maximum absolute atomic E-state index is 11.9. The summed E-state index contributed by atoms with van der Waals surface area (Å²) in [5, 5.41) is 8.94. The van der Waals surface area contributed by atoms with Crippen LogP contribution >= 0.6 is 0 Å². The number of amides is 2. The van der Waals surface area contributed by atoms with Gasteiger partial charge in [0, 0.05) is 7.05 Å². The fourth-order valence-electron chi connectivity index (χ4n) is 1.53. The number of hydrogen-bond donors (Lipinski definition) is 2. The molecule has 0 spiro atoms. The van der Waals surface area contributed by atoms with Crippen molar-refractivity contribution >= 4 is 17.5 Å². The van der Waals surface area contributed by atoms with Crippen LogP contribution in [0.25, 0.3) is 0 Å². The van der Waals surface area contributed by atoms with Crippen LogP contribution in [0.4, 0.5) is 5.69 Å². The van der Waals surface area contributed by atoms with Crippen molar-refractivity contribution in [3.05, 3.63) is 29.8 Å². The molecule has 6 nitrogen and oxygen atoms in total. The van der Waals surface area contributed by atoms with E-state index in [4.69, 9.17) is 16.7 Å². The highest BCUT2D eigenvalue weighted by atomic mass is 16.2. The molecule has 18 heavy (non-hydrogen) atoms. The Kier molecular flexibility index (Phi) is 4.40. The first-order valence-corrected chi connectivity index (χ1v) is 5.28. The lowest BCUT2D eigenvalue weighted by Crippen LogP contribution is -2.44. The molecule has 0 aromatic heterocycles. The van der Waals surface area contributed by atoms with Crippen LogP contribution in [-0.2, 0) is 9.59 Å². The van der Waals surface area contributed by atoms with Gasteiger partial charge in [0.1, 0.15) is 6.07 Å². The van der Waals surface area contributed by atoms with E-state index in [-0.39, 0.29) is 6.42 Å². The minimum absolute atomic E-state index is 0.224. The van der Waals surface area contributed by atoms with Gasteiger partial charge >= 0.3 is 0 Å². The quantitative estimate of drug-likeness (QED) is 0.760. The van der Waals surface area contributed by atoms with Crippen molar-refractivity contribution in [1.29, 1.82) is 5.26 Å². The van der Waals surface area contributed by atoms with Crippen LogP contribution in [0.3, 0.4) is 0 Å². The van der Waals surface area contributed by atoms with Gasteiger partial charge in [-0.25, -0.2) is 0 Å². The minimum Gasteiger partial charge on any atom is -0.370 e. The highest BCUT2D eigenvalue weighted by Gasteiger charge is 2.22. The number of nitrogens with two attached hydrogens (primary N) is 2. The fraction of sp³-hybridized carbons (Fsp3) is 0.250. The molecule has 0 fully saturated rings. The molecule has 0 aliphatic rings. The number of hydrogen-bond acceptors (Lipinski definition) is 4. The summed E-state index contributed by atoms with van der Waals surface area (Å²) < 4.78 is 0. The Labute approximate surface area is 105 Å². The Morgan fingerprint density at radius 2 is 2.06 bits per heavy atom. The first-order chi connectivity index (χ1) is 8.47. The molecule has 4 N–H and O–H groups in total. The number of nitriles is 1. The lowest BCUT2D eigenvalue weighted by Gasteiger charge is -2.21. The second kappa shape index (κ2) is 5.80. The van der Waals surface area contributed by atoms with Gasteiger partial charge in [-0.3, -0.25) is 9.59 Å². The zero-order valence-corrected chi connectivity index (χ0v) is 9.96. The molecule has 0 aliphatic heterocycles. The van der Waals surface area contributed by atoms with Gasteiger partial charge < -0.3 is 16.4 Å². The SMILES string of the molecule is CN(C(=O)C(N)CC(N)=O)c1ccccc1C#N. The predicted molar refractivity (Wildman–Crippen MR) is 66.4 cm³/mol. The third-order valence-corrected chi connectivity index (χ3v) is 2.45. The summed E-state index contributed by atoms with van der Waals surface area (Å²) in [6.45, 7) is 0. The van der Waals surface area contributed by atoms with Crippen molar-refractivity contribution in [3.63, 3.8) is 0 Å². The highest BCUT2D eigenvalue weighted by molar-refractivity contribution is 5.99. The monoisotopic (exact) mass is 246 g/mol. The number of carbonyl (C=O) groups is 2. The predicted octanol–water partition coefficient (Wildman–Crippen LogP) is -0.276. The molecular weight excluding hydrogens is 232 g/mol. The number of benzene rings is 1. The zero-order valence-electron chi connectivity index (χ0n) is 9.96. The van der Waals surface area contributed by atoms with Crippen LogP contribution in [0, 0.1) is 11.3 Å². The largest absolute Gasteiger partial charge is 0.370 e. The Hall–Kier alpha value is -2.39. The molecule has 1 rings (SSSR count). The summed E-state index contributed by atoms with van der Waals surface area (Å²) >= 11 is 0. The first-order valence-electron chi connectivity index (χ1n) is 5.28. The summed E-state index contributed by atoms with van der Waals surface area (Å²) in [7, 11) is 1.50.